The van der Waals surface area contributed by atoms with Gasteiger partial charge in [-0.3, -0.25) is 15.0 Å². The molecule has 1 aliphatic heterocycles. The molecule has 0 radical (unpaired) electrons. The number of piperazine rings is 1. The largest absolute Gasteiger partial charge is 0.497 e. The van der Waals surface area contributed by atoms with Crippen molar-refractivity contribution in [1.82, 2.24) is 15.1 Å². The Bertz CT molecular complexity index is 945. The number of methoxy groups -OCH3 is 1. The summed E-state index contributed by atoms with van der Waals surface area (Å²) in [4.78, 5) is 22.7. The minimum absolute atomic E-state index is 0.176. The van der Waals surface area contributed by atoms with Crippen LogP contribution in [-0.2, 0) is 0 Å². The highest BCUT2D eigenvalue weighted by Gasteiger charge is 2.27. The highest BCUT2D eigenvalue weighted by atomic mass is 16.5. The molecule has 0 unspecified atom stereocenters. The topological polar surface area (TPSA) is 66.4 Å². The lowest BCUT2D eigenvalue weighted by Crippen LogP contribution is -2.55. The average Bonchev–Trinajstić information content (AvgIpc) is 2.90. The predicted octanol–water partition coefficient (Wildman–Crippen LogP) is 4.46. The Morgan fingerprint density at radius 3 is 2.21 bits per heavy atom. The van der Waals surface area contributed by atoms with Gasteiger partial charge in [-0.15, -0.1) is 0 Å². The van der Waals surface area contributed by atoms with Crippen LogP contribution in [0.1, 0.15) is 49.4 Å². The number of nitrogens with zero attached hydrogens (tertiary/aromatic N) is 3. The minimum Gasteiger partial charge on any atom is -0.497 e. The number of ether oxygens (including phenoxy) is 2. The normalized spacial score (nSPS) is 17.9. The number of carbonyl (C=O) groups excluding carboxylic acids is 1. The molecule has 1 heterocycles. The molecular formula is C27H36N4O3. The van der Waals surface area contributed by atoms with E-state index in [0.717, 1.165) is 43.4 Å². The first kappa shape index (κ1) is 24.1. The van der Waals surface area contributed by atoms with E-state index in [-0.39, 0.29) is 5.91 Å². The minimum atomic E-state index is -0.176. The molecule has 7 heteroatoms. The second kappa shape index (κ2) is 11.9. The molecule has 2 aromatic rings. The maximum atomic E-state index is 13.1. The van der Waals surface area contributed by atoms with Crippen LogP contribution in [0.25, 0.3) is 0 Å². The number of hydrogen-bond acceptors (Lipinski definition) is 5. The quantitative estimate of drug-likeness (QED) is 0.505. The molecule has 2 aliphatic rings. The monoisotopic (exact) mass is 464 g/mol. The molecule has 0 aromatic heterocycles. The molecule has 1 saturated heterocycles. The first-order valence-corrected chi connectivity index (χ1v) is 12.4. The van der Waals surface area contributed by atoms with Gasteiger partial charge in [0.15, 0.2) is 0 Å². The fourth-order valence-corrected chi connectivity index (χ4v) is 4.74. The molecule has 7 nitrogen and oxygen atoms in total. The molecule has 182 valence electrons. The number of nitrogens with one attached hydrogen (secondary N) is 1. The van der Waals surface area contributed by atoms with Crippen molar-refractivity contribution in [2.75, 3.05) is 39.9 Å². The summed E-state index contributed by atoms with van der Waals surface area (Å²) >= 11 is 0. The van der Waals surface area contributed by atoms with E-state index in [2.05, 4.69) is 15.1 Å². The van der Waals surface area contributed by atoms with Crippen molar-refractivity contribution in [2.45, 2.75) is 45.1 Å². The number of benzene rings is 2. The Morgan fingerprint density at radius 1 is 0.941 bits per heavy atom. The van der Waals surface area contributed by atoms with Crippen molar-refractivity contribution < 1.29 is 14.3 Å². The Hall–Kier alpha value is -3.06. The SMILES string of the molecule is CCOc1ccc(C(=O)NC(=Nc2ccc(OC)cc2)N2CCN(C3CCCCC3)CC2)cc1. The fraction of sp³-hybridized carbons (Fsp3) is 0.481. The van der Waals surface area contributed by atoms with Crippen LogP contribution in [0, 0.1) is 0 Å². The van der Waals surface area contributed by atoms with Gasteiger partial charge in [0, 0.05) is 37.8 Å². The van der Waals surface area contributed by atoms with Gasteiger partial charge in [0.05, 0.1) is 19.4 Å². The number of rotatable bonds is 6. The van der Waals surface area contributed by atoms with Crippen LogP contribution in [0.5, 0.6) is 11.5 Å². The molecule has 0 atom stereocenters. The Kier molecular flexibility index (Phi) is 8.41. The zero-order chi connectivity index (χ0) is 23.8. The lowest BCUT2D eigenvalue weighted by Gasteiger charge is -2.41. The van der Waals surface area contributed by atoms with Crippen LogP contribution in [0.4, 0.5) is 5.69 Å². The van der Waals surface area contributed by atoms with E-state index in [1.165, 1.54) is 32.1 Å². The molecular weight excluding hydrogens is 428 g/mol. The lowest BCUT2D eigenvalue weighted by atomic mass is 9.94. The molecule has 1 N–H and O–H groups in total. The smallest absolute Gasteiger partial charge is 0.257 e. The summed E-state index contributed by atoms with van der Waals surface area (Å²) in [6.45, 7) is 6.20. The van der Waals surface area contributed by atoms with Crippen molar-refractivity contribution in [3.8, 4) is 11.5 Å². The third-order valence-corrected chi connectivity index (χ3v) is 6.67. The van der Waals surface area contributed by atoms with Crippen molar-refractivity contribution >= 4 is 17.6 Å². The number of carbonyl (C=O) groups is 1. The summed E-state index contributed by atoms with van der Waals surface area (Å²) in [5.74, 6) is 1.95. The van der Waals surface area contributed by atoms with Crippen LogP contribution in [0.2, 0.25) is 0 Å². The third kappa shape index (κ3) is 6.29. The molecule has 0 spiro atoms. The Morgan fingerprint density at radius 2 is 1.59 bits per heavy atom. The van der Waals surface area contributed by atoms with E-state index >= 15 is 0 Å². The van der Waals surface area contributed by atoms with E-state index < -0.39 is 0 Å². The van der Waals surface area contributed by atoms with Crippen LogP contribution >= 0.6 is 0 Å². The van der Waals surface area contributed by atoms with Crippen molar-refractivity contribution in [1.29, 1.82) is 0 Å². The Labute approximate surface area is 202 Å². The van der Waals surface area contributed by atoms with Gasteiger partial charge >= 0.3 is 0 Å². The van der Waals surface area contributed by atoms with Gasteiger partial charge in [-0.05, 0) is 68.3 Å². The van der Waals surface area contributed by atoms with E-state index in [1.54, 1.807) is 19.2 Å². The van der Waals surface area contributed by atoms with Gasteiger partial charge < -0.3 is 14.4 Å². The summed E-state index contributed by atoms with van der Waals surface area (Å²) in [5.41, 5.74) is 1.35. The highest BCUT2D eigenvalue weighted by Crippen LogP contribution is 2.24. The van der Waals surface area contributed by atoms with Crippen LogP contribution in [0.3, 0.4) is 0 Å². The van der Waals surface area contributed by atoms with E-state index in [1.807, 2.05) is 43.3 Å². The molecule has 2 aromatic carbocycles. The van der Waals surface area contributed by atoms with Gasteiger partial charge in [-0.25, -0.2) is 4.99 Å². The van der Waals surface area contributed by atoms with Gasteiger partial charge in [0.1, 0.15) is 11.5 Å². The maximum absolute atomic E-state index is 13.1. The average molecular weight is 465 g/mol. The summed E-state index contributed by atoms with van der Waals surface area (Å²) in [6.07, 6.45) is 6.66. The third-order valence-electron chi connectivity index (χ3n) is 6.67. The van der Waals surface area contributed by atoms with Gasteiger partial charge in [0.25, 0.3) is 5.91 Å². The summed E-state index contributed by atoms with van der Waals surface area (Å²) in [5, 5.41) is 3.07. The van der Waals surface area contributed by atoms with Gasteiger partial charge in [0.2, 0.25) is 5.96 Å². The zero-order valence-electron chi connectivity index (χ0n) is 20.3. The molecule has 0 bridgehead atoms. The first-order valence-electron chi connectivity index (χ1n) is 12.4. The van der Waals surface area contributed by atoms with Gasteiger partial charge in [-0.1, -0.05) is 19.3 Å². The summed E-state index contributed by atoms with van der Waals surface area (Å²) < 4.78 is 10.8. The molecule has 1 saturated carbocycles. The van der Waals surface area contributed by atoms with Crippen molar-refractivity contribution in [3.63, 3.8) is 0 Å². The van der Waals surface area contributed by atoms with Crippen LogP contribution < -0.4 is 14.8 Å². The van der Waals surface area contributed by atoms with Gasteiger partial charge in [-0.2, -0.15) is 0 Å². The number of amides is 1. The lowest BCUT2D eigenvalue weighted by molar-refractivity contribution is 0.0943. The van der Waals surface area contributed by atoms with Crippen molar-refractivity contribution in [2.24, 2.45) is 4.99 Å². The number of aliphatic imine (C=N–C) groups is 1. The standard InChI is InChI=1S/C27H36N4O3/c1-3-34-25-13-9-21(10-14-25)26(32)29-27(28-22-11-15-24(33-2)16-12-22)31-19-17-30(18-20-31)23-7-5-4-6-8-23/h9-16,23H,3-8,17-20H2,1-2H3,(H,28,29,32). The van der Waals surface area contributed by atoms with Crippen molar-refractivity contribution in [3.05, 3.63) is 54.1 Å². The maximum Gasteiger partial charge on any atom is 0.257 e. The molecule has 1 aliphatic carbocycles. The predicted molar refractivity (Wildman–Crippen MR) is 135 cm³/mol. The first-order chi connectivity index (χ1) is 16.7. The second-order valence-corrected chi connectivity index (χ2v) is 8.86. The van der Waals surface area contributed by atoms with E-state index in [0.29, 0.717) is 24.2 Å². The van der Waals surface area contributed by atoms with Crippen LogP contribution in [-0.4, -0.2) is 67.6 Å². The van der Waals surface area contributed by atoms with Crippen LogP contribution in [0.15, 0.2) is 53.5 Å². The fourth-order valence-electron chi connectivity index (χ4n) is 4.74. The molecule has 34 heavy (non-hydrogen) atoms. The molecule has 2 fully saturated rings. The summed E-state index contributed by atoms with van der Waals surface area (Å²) in [6, 6.07) is 15.5. The second-order valence-electron chi connectivity index (χ2n) is 8.86. The van der Waals surface area contributed by atoms with E-state index in [9.17, 15) is 4.79 Å². The number of guanidine groups is 1. The highest BCUT2D eigenvalue weighted by molar-refractivity contribution is 6.06. The van der Waals surface area contributed by atoms with E-state index in [4.69, 9.17) is 14.5 Å². The summed E-state index contributed by atoms with van der Waals surface area (Å²) in [7, 11) is 1.65. The molecule has 4 rings (SSSR count). The Balaban J connectivity index is 1.48. The molecule has 1 amide bonds. The zero-order valence-corrected chi connectivity index (χ0v) is 20.3. The number of hydrogen-bond donors (Lipinski definition) is 1.